The molecule has 0 spiro atoms. The van der Waals surface area contributed by atoms with Crippen molar-refractivity contribution in [3.63, 3.8) is 0 Å². The summed E-state index contributed by atoms with van der Waals surface area (Å²) in [4.78, 5) is 20.1. The van der Waals surface area contributed by atoms with E-state index in [0.717, 1.165) is 40.7 Å². The van der Waals surface area contributed by atoms with Crippen LogP contribution in [0.5, 0.6) is 17.4 Å². The molecule has 4 aromatic rings. The molecule has 0 N–H and O–H groups in total. The number of nitrogens with zero attached hydrogens (tertiary/aromatic N) is 5. The Morgan fingerprint density at radius 1 is 0.806 bits per heavy atom. The lowest BCUT2D eigenvalue weighted by molar-refractivity contribution is 0.216. The molecule has 0 radical (unpaired) electrons. The van der Waals surface area contributed by atoms with Crippen LogP contribution in [-0.4, -0.2) is 53.3 Å². The van der Waals surface area contributed by atoms with Gasteiger partial charge in [-0.3, -0.25) is 0 Å². The van der Waals surface area contributed by atoms with Crippen LogP contribution < -0.4 is 19.1 Å². The van der Waals surface area contributed by atoms with Crippen LogP contribution >= 0.6 is 0 Å². The summed E-state index contributed by atoms with van der Waals surface area (Å²) in [5.41, 5.74) is 2.49. The molecule has 1 aliphatic heterocycles. The third-order valence-corrected chi connectivity index (χ3v) is 5.28. The van der Waals surface area contributed by atoms with E-state index in [9.17, 15) is 0 Å². The summed E-state index contributed by atoms with van der Waals surface area (Å²) >= 11 is 0. The molecular weight excluding hydrogens is 454 g/mol. The summed E-state index contributed by atoms with van der Waals surface area (Å²) < 4.78 is 17.0. The molecule has 2 aromatic heterocycles. The van der Waals surface area contributed by atoms with Gasteiger partial charge in [0.1, 0.15) is 18.2 Å². The molecule has 8 nitrogen and oxygen atoms in total. The SMILES string of the molecule is CC.CC.CC.COc1cc2ncnc(N3CC[C@@H](Oc4cnc5ccccc5n4)C3)c2cc1OC. The minimum absolute atomic E-state index is 0.00521. The molecule has 36 heavy (non-hydrogen) atoms. The Morgan fingerprint density at radius 3 is 2.17 bits per heavy atom. The van der Waals surface area contributed by atoms with Crippen molar-refractivity contribution in [2.75, 3.05) is 32.2 Å². The fourth-order valence-electron chi connectivity index (χ4n) is 3.81. The van der Waals surface area contributed by atoms with Gasteiger partial charge in [0.15, 0.2) is 11.5 Å². The quantitative estimate of drug-likeness (QED) is 0.319. The van der Waals surface area contributed by atoms with Gasteiger partial charge in [0.05, 0.1) is 43.5 Å². The van der Waals surface area contributed by atoms with Crippen molar-refractivity contribution in [3.05, 3.63) is 48.9 Å². The number of hydrogen-bond donors (Lipinski definition) is 0. The second-order valence-corrected chi connectivity index (χ2v) is 7.09. The average Bonchev–Trinajstić information content (AvgIpc) is 3.43. The van der Waals surface area contributed by atoms with Gasteiger partial charge in [-0.1, -0.05) is 53.7 Å². The smallest absolute Gasteiger partial charge is 0.233 e. The molecule has 5 rings (SSSR count). The zero-order chi connectivity index (χ0) is 26.5. The van der Waals surface area contributed by atoms with Crippen LogP contribution in [0.25, 0.3) is 21.9 Å². The summed E-state index contributed by atoms with van der Waals surface area (Å²) in [6.45, 7) is 13.5. The first-order chi connectivity index (χ1) is 17.7. The highest BCUT2D eigenvalue weighted by Crippen LogP contribution is 2.35. The van der Waals surface area contributed by atoms with E-state index < -0.39 is 0 Å². The predicted octanol–water partition coefficient (Wildman–Crippen LogP) is 6.33. The molecule has 1 atom stereocenters. The second kappa shape index (κ2) is 14.7. The maximum absolute atomic E-state index is 6.13. The molecule has 1 fully saturated rings. The van der Waals surface area contributed by atoms with E-state index in [1.807, 2.05) is 77.9 Å². The van der Waals surface area contributed by atoms with E-state index >= 15 is 0 Å². The van der Waals surface area contributed by atoms with Crippen molar-refractivity contribution in [1.29, 1.82) is 0 Å². The second-order valence-electron chi connectivity index (χ2n) is 7.09. The van der Waals surface area contributed by atoms with Gasteiger partial charge in [-0.15, -0.1) is 0 Å². The number of hydrogen-bond acceptors (Lipinski definition) is 8. The van der Waals surface area contributed by atoms with Gasteiger partial charge < -0.3 is 19.1 Å². The molecule has 2 aromatic carbocycles. The number of benzene rings is 2. The molecule has 194 valence electrons. The van der Waals surface area contributed by atoms with Crippen molar-refractivity contribution in [2.45, 2.75) is 54.1 Å². The topological polar surface area (TPSA) is 82.5 Å². The first-order valence-electron chi connectivity index (χ1n) is 12.8. The van der Waals surface area contributed by atoms with E-state index in [-0.39, 0.29) is 6.10 Å². The van der Waals surface area contributed by atoms with Crippen LogP contribution in [-0.2, 0) is 0 Å². The lowest BCUT2D eigenvalue weighted by atomic mass is 10.2. The Labute approximate surface area is 214 Å². The van der Waals surface area contributed by atoms with E-state index in [1.54, 1.807) is 26.7 Å². The van der Waals surface area contributed by atoms with Crippen molar-refractivity contribution >= 4 is 27.8 Å². The van der Waals surface area contributed by atoms with E-state index in [2.05, 4.69) is 24.8 Å². The summed E-state index contributed by atoms with van der Waals surface area (Å²) in [6.07, 6.45) is 4.13. The van der Waals surface area contributed by atoms with E-state index in [1.165, 1.54) is 0 Å². The molecule has 1 aliphatic rings. The van der Waals surface area contributed by atoms with Gasteiger partial charge in [-0.05, 0) is 18.2 Å². The minimum atomic E-state index is 0.00521. The van der Waals surface area contributed by atoms with Crippen LogP contribution in [0.4, 0.5) is 5.82 Å². The van der Waals surface area contributed by atoms with Gasteiger partial charge in [-0.25, -0.2) is 19.9 Å². The van der Waals surface area contributed by atoms with Crippen molar-refractivity contribution in [1.82, 2.24) is 19.9 Å². The molecule has 8 heteroatoms. The Bertz CT molecular complexity index is 1220. The number of ether oxygens (including phenoxy) is 3. The molecular formula is C28H39N5O3. The van der Waals surface area contributed by atoms with Gasteiger partial charge in [-0.2, -0.15) is 0 Å². The monoisotopic (exact) mass is 493 g/mol. The zero-order valence-electron chi connectivity index (χ0n) is 22.8. The van der Waals surface area contributed by atoms with Gasteiger partial charge in [0, 0.05) is 24.4 Å². The summed E-state index contributed by atoms with van der Waals surface area (Å²) in [7, 11) is 3.24. The van der Waals surface area contributed by atoms with E-state index in [4.69, 9.17) is 14.2 Å². The minimum Gasteiger partial charge on any atom is -0.493 e. The number of para-hydroxylation sites is 2. The molecule has 3 heterocycles. The summed E-state index contributed by atoms with van der Waals surface area (Å²) in [6, 6.07) is 11.6. The predicted molar refractivity (Wildman–Crippen MR) is 147 cm³/mol. The maximum atomic E-state index is 6.13. The fourth-order valence-corrected chi connectivity index (χ4v) is 3.81. The van der Waals surface area contributed by atoms with Crippen LogP contribution in [0, 0.1) is 0 Å². The lowest BCUT2D eigenvalue weighted by Crippen LogP contribution is -2.25. The standard InChI is InChI=1S/C22H21N5O3.3C2H6/c1-28-19-9-15-18(10-20(19)29-2)24-13-25-22(15)27-8-7-14(12-27)30-21-11-23-16-5-3-4-6-17(16)26-21;3*1-2/h3-6,9-11,13-14H,7-8,12H2,1-2H3;3*1-2H3/t14-;;;/m1.../s1. The number of rotatable bonds is 5. The third kappa shape index (κ3) is 6.50. The molecule has 0 saturated carbocycles. The summed E-state index contributed by atoms with van der Waals surface area (Å²) in [5.74, 6) is 2.70. The van der Waals surface area contributed by atoms with Crippen LogP contribution in [0.3, 0.4) is 0 Å². The largest absolute Gasteiger partial charge is 0.493 e. The number of fused-ring (bicyclic) bond motifs is 2. The Kier molecular flexibility index (Phi) is 11.6. The lowest BCUT2D eigenvalue weighted by Gasteiger charge is -2.20. The molecule has 0 amide bonds. The van der Waals surface area contributed by atoms with Crippen molar-refractivity contribution in [3.8, 4) is 17.4 Å². The van der Waals surface area contributed by atoms with Gasteiger partial charge in [0.25, 0.3) is 0 Å². The van der Waals surface area contributed by atoms with Gasteiger partial charge in [0.2, 0.25) is 5.88 Å². The molecule has 0 bridgehead atoms. The maximum Gasteiger partial charge on any atom is 0.233 e. The number of anilines is 1. The van der Waals surface area contributed by atoms with Crippen LogP contribution in [0.15, 0.2) is 48.9 Å². The Balaban J connectivity index is 0.000000710. The Hall–Kier alpha value is -3.68. The third-order valence-electron chi connectivity index (χ3n) is 5.28. The van der Waals surface area contributed by atoms with Crippen molar-refractivity contribution in [2.24, 2.45) is 0 Å². The van der Waals surface area contributed by atoms with E-state index in [0.29, 0.717) is 23.9 Å². The summed E-state index contributed by atoms with van der Waals surface area (Å²) in [5, 5.41) is 0.918. The highest BCUT2D eigenvalue weighted by atomic mass is 16.5. The molecule has 0 unspecified atom stereocenters. The number of methoxy groups -OCH3 is 2. The first kappa shape index (κ1) is 28.6. The molecule has 0 aliphatic carbocycles. The van der Waals surface area contributed by atoms with Crippen LogP contribution in [0.2, 0.25) is 0 Å². The van der Waals surface area contributed by atoms with Crippen LogP contribution in [0.1, 0.15) is 48.0 Å². The fraction of sp³-hybridized carbons (Fsp3) is 0.429. The van der Waals surface area contributed by atoms with Gasteiger partial charge >= 0.3 is 0 Å². The normalized spacial score (nSPS) is 14.0. The zero-order valence-corrected chi connectivity index (χ0v) is 22.8. The highest BCUT2D eigenvalue weighted by Gasteiger charge is 2.27. The molecule has 1 saturated heterocycles. The van der Waals surface area contributed by atoms with Crippen molar-refractivity contribution < 1.29 is 14.2 Å². The average molecular weight is 494 g/mol. The highest BCUT2D eigenvalue weighted by molar-refractivity contribution is 5.92. The number of aromatic nitrogens is 4. The Morgan fingerprint density at radius 2 is 1.47 bits per heavy atom. The first-order valence-corrected chi connectivity index (χ1v) is 12.8.